The largest absolute Gasteiger partial charge is 0.449 e. The lowest BCUT2D eigenvalue weighted by atomic mass is 10.2. The highest BCUT2D eigenvalue weighted by Gasteiger charge is 2.15. The Balaban J connectivity index is 2.90. The van der Waals surface area contributed by atoms with Crippen molar-refractivity contribution in [2.45, 2.75) is 6.92 Å². The van der Waals surface area contributed by atoms with Gasteiger partial charge in [-0.25, -0.2) is 9.52 Å². The van der Waals surface area contributed by atoms with Crippen molar-refractivity contribution in [2.75, 3.05) is 17.9 Å². The molecule has 0 radical (unpaired) electrons. The van der Waals surface area contributed by atoms with Gasteiger partial charge < -0.3 is 10.5 Å². The molecule has 7 nitrogen and oxygen atoms in total. The number of hydrogen-bond acceptors (Lipinski definition) is 5. The maximum absolute atomic E-state index is 11.7. The summed E-state index contributed by atoms with van der Waals surface area (Å²) in [6, 6.07) is 4.33. The van der Waals surface area contributed by atoms with E-state index in [0.29, 0.717) is 10.6 Å². The number of halogens is 1. The zero-order chi connectivity index (χ0) is 15.9. The zero-order valence-electron chi connectivity index (χ0n) is 11.1. The molecule has 4 N–H and O–H groups in total. The van der Waals surface area contributed by atoms with Gasteiger partial charge in [-0.15, -0.1) is 0 Å². The predicted octanol–water partition coefficient (Wildman–Crippen LogP) is 1.05. The highest BCUT2D eigenvalue weighted by molar-refractivity contribution is 7.91. The number of ether oxygens (including phenoxy) is 1. The van der Waals surface area contributed by atoms with Crippen LogP contribution < -0.4 is 15.2 Å². The number of benzene rings is 1. The first-order chi connectivity index (χ1) is 9.88. The molecule has 114 valence electrons. The summed E-state index contributed by atoms with van der Waals surface area (Å²) in [5.41, 5.74) is 5.87. The van der Waals surface area contributed by atoms with Gasteiger partial charge >= 0.3 is 16.3 Å². The van der Waals surface area contributed by atoms with Crippen molar-refractivity contribution in [3.05, 3.63) is 28.8 Å². The summed E-state index contributed by atoms with van der Waals surface area (Å²) in [6.07, 6.45) is -1.07. The van der Waals surface area contributed by atoms with Gasteiger partial charge in [0.25, 0.3) is 0 Å². The zero-order valence-corrected chi connectivity index (χ0v) is 12.7. The van der Waals surface area contributed by atoms with Gasteiger partial charge in [-0.1, -0.05) is 23.4 Å². The van der Waals surface area contributed by atoms with Gasteiger partial charge in [0.2, 0.25) is 0 Å². The molecule has 1 amide bonds. The molecule has 0 unspecified atom stereocenters. The summed E-state index contributed by atoms with van der Waals surface area (Å²) in [4.78, 5) is 11.1. The SMILES string of the molecule is CCOC(=O)NS(=O)(=O)Nc1ccc(Cl)c(C#CCN)c1. The van der Waals surface area contributed by atoms with Crippen molar-refractivity contribution in [1.82, 2.24) is 4.72 Å². The van der Waals surface area contributed by atoms with Crippen molar-refractivity contribution < 1.29 is 17.9 Å². The van der Waals surface area contributed by atoms with Crippen molar-refractivity contribution >= 4 is 33.6 Å². The van der Waals surface area contributed by atoms with Gasteiger partial charge in [-0.3, -0.25) is 4.72 Å². The average Bonchev–Trinajstić information content (AvgIpc) is 2.38. The lowest BCUT2D eigenvalue weighted by molar-refractivity contribution is 0.159. The van der Waals surface area contributed by atoms with Gasteiger partial charge in [-0.05, 0) is 25.1 Å². The molecule has 1 aromatic carbocycles. The van der Waals surface area contributed by atoms with Gasteiger partial charge in [-0.2, -0.15) is 8.42 Å². The minimum atomic E-state index is -4.10. The smallest absolute Gasteiger partial charge is 0.422 e. The van der Waals surface area contributed by atoms with Gasteiger partial charge in [0.15, 0.2) is 0 Å². The molecule has 0 spiro atoms. The molecule has 0 aromatic heterocycles. The van der Waals surface area contributed by atoms with Crippen LogP contribution in [0, 0.1) is 11.8 Å². The van der Waals surface area contributed by atoms with E-state index in [9.17, 15) is 13.2 Å². The summed E-state index contributed by atoms with van der Waals surface area (Å²) >= 11 is 5.92. The van der Waals surface area contributed by atoms with Crippen LogP contribution in [0.5, 0.6) is 0 Å². The second kappa shape index (κ2) is 7.73. The average molecular weight is 332 g/mol. The molecule has 0 aliphatic rings. The molecule has 9 heteroatoms. The number of nitrogens with two attached hydrogens (primary N) is 1. The van der Waals surface area contributed by atoms with Crippen molar-refractivity contribution in [1.29, 1.82) is 0 Å². The minimum absolute atomic E-state index is 0.0567. The maximum atomic E-state index is 11.7. The molecule has 0 heterocycles. The minimum Gasteiger partial charge on any atom is -0.449 e. The van der Waals surface area contributed by atoms with E-state index in [0.717, 1.165) is 0 Å². The summed E-state index contributed by atoms with van der Waals surface area (Å²) in [5, 5.41) is 0.359. The summed E-state index contributed by atoms with van der Waals surface area (Å²) in [5.74, 6) is 5.32. The molecular formula is C12H14ClN3O4S. The molecule has 0 aliphatic heterocycles. The Hall–Kier alpha value is -1.95. The van der Waals surface area contributed by atoms with Crippen LogP contribution in [-0.2, 0) is 14.9 Å². The number of anilines is 1. The lowest BCUT2D eigenvalue weighted by Crippen LogP contribution is -2.35. The Bertz CT molecular complexity index is 679. The van der Waals surface area contributed by atoms with Crippen LogP contribution >= 0.6 is 11.6 Å². The van der Waals surface area contributed by atoms with Gasteiger partial charge in [0.05, 0.1) is 23.9 Å². The fourth-order valence-electron chi connectivity index (χ4n) is 1.28. The fourth-order valence-corrected chi connectivity index (χ4v) is 2.21. The monoisotopic (exact) mass is 331 g/mol. The lowest BCUT2D eigenvalue weighted by Gasteiger charge is -2.09. The van der Waals surface area contributed by atoms with Gasteiger partial charge in [0, 0.05) is 5.56 Å². The Morgan fingerprint density at radius 2 is 2.19 bits per heavy atom. The molecule has 0 saturated heterocycles. The highest BCUT2D eigenvalue weighted by Crippen LogP contribution is 2.20. The third-order valence-electron chi connectivity index (χ3n) is 2.04. The van der Waals surface area contributed by atoms with Crippen molar-refractivity contribution in [3.63, 3.8) is 0 Å². The van der Waals surface area contributed by atoms with Crippen molar-refractivity contribution in [3.8, 4) is 11.8 Å². The molecule has 0 aliphatic carbocycles. The highest BCUT2D eigenvalue weighted by atomic mass is 35.5. The van der Waals surface area contributed by atoms with E-state index >= 15 is 0 Å². The van der Waals surface area contributed by atoms with Crippen molar-refractivity contribution in [2.24, 2.45) is 5.73 Å². The number of nitrogens with one attached hydrogen (secondary N) is 2. The van der Waals surface area contributed by atoms with Gasteiger partial charge in [0.1, 0.15) is 0 Å². The quantitative estimate of drug-likeness (QED) is 0.714. The number of rotatable bonds is 4. The fraction of sp³-hybridized carbons (Fsp3) is 0.250. The first-order valence-corrected chi connectivity index (χ1v) is 7.70. The first-order valence-electron chi connectivity index (χ1n) is 5.83. The Morgan fingerprint density at radius 3 is 2.81 bits per heavy atom. The van der Waals surface area contributed by atoms with E-state index in [-0.39, 0.29) is 18.8 Å². The third-order valence-corrected chi connectivity index (χ3v) is 3.31. The topological polar surface area (TPSA) is 111 Å². The first kappa shape index (κ1) is 17.1. The molecule has 1 aromatic rings. The number of hydrogen-bond donors (Lipinski definition) is 3. The second-order valence-electron chi connectivity index (χ2n) is 3.63. The maximum Gasteiger partial charge on any atom is 0.422 e. The third kappa shape index (κ3) is 5.91. The van der Waals surface area contributed by atoms with E-state index in [1.165, 1.54) is 18.2 Å². The molecule has 0 bridgehead atoms. The molecule has 0 atom stereocenters. The van der Waals surface area contributed by atoms with E-state index in [4.69, 9.17) is 17.3 Å². The summed E-state index contributed by atoms with van der Waals surface area (Å²) in [6.45, 7) is 1.76. The Kier molecular flexibility index (Phi) is 6.30. The van der Waals surface area contributed by atoms with Crippen LogP contribution in [0.25, 0.3) is 0 Å². The molecule has 21 heavy (non-hydrogen) atoms. The Morgan fingerprint density at radius 1 is 1.48 bits per heavy atom. The van der Waals surface area contributed by atoms with Crippen LogP contribution in [0.1, 0.15) is 12.5 Å². The number of carbonyl (C=O) groups excluding carboxylic acids is 1. The normalized spacial score (nSPS) is 10.2. The predicted molar refractivity (Wildman–Crippen MR) is 80.1 cm³/mol. The van der Waals surface area contributed by atoms with Crippen LogP contribution in [0.15, 0.2) is 18.2 Å². The van der Waals surface area contributed by atoms with Crippen LogP contribution in [0.4, 0.5) is 10.5 Å². The second-order valence-corrected chi connectivity index (χ2v) is 5.45. The van der Waals surface area contributed by atoms with Crippen LogP contribution in [-0.4, -0.2) is 27.7 Å². The van der Waals surface area contributed by atoms with E-state index in [1.54, 1.807) is 11.6 Å². The van der Waals surface area contributed by atoms with Crippen LogP contribution in [0.2, 0.25) is 5.02 Å². The van der Waals surface area contributed by atoms with E-state index < -0.39 is 16.3 Å². The summed E-state index contributed by atoms with van der Waals surface area (Å²) < 4.78 is 31.7. The molecule has 0 fully saturated rings. The Labute approximate surface area is 128 Å². The van der Waals surface area contributed by atoms with E-state index in [1.807, 2.05) is 0 Å². The number of carbonyl (C=O) groups is 1. The van der Waals surface area contributed by atoms with E-state index in [2.05, 4.69) is 21.3 Å². The summed E-state index contributed by atoms with van der Waals surface area (Å²) in [7, 11) is -4.10. The van der Waals surface area contributed by atoms with Crippen LogP contribution in [0.3, 0.4) is 0 Å². The molecule has 1 rings (SSSR count). The number of amides is 1. The standard InChI is InChI=1S/C12H14ClN3O4S/c1-2-20-12(17)16-21(18,19)15-10-5-6-11(13)9(8-10)4-3-7-14/h5-6,8,15H,2,7,14H2,1H3,(H,16,17). The molecule has 0 saturated carbocycles. The molecular weight excluding hydrogens is 318 g/mol.